The van der Waals surface area contributed by atoms with Gasteiger partial charge in [0.25, 0.3) is 0 Å². The lowest BCUT2D eigenvalue weighted by molar-refractivity contribution is 0.161. The minimum absolute atomic E-state index is 0.171. The maximum atomic E-state index is 10.2. The summed E-state index contributed by atoms with van der Waals surface area (Å²) < 4.78 is 9.39. The molecule has 0 aliphatic rings. The van der Waals surface area contributed by atoms with E-state index in [0.29, 0.717) is 18.2 Å². The number of rotatable bonds is 5. The number of nitrogens with zero attached hydrogens (tertiary/aromatic N) is 2. The highest BCUT2D eigenvalue weighted by atomic mass is 16.5. The molecule has 0 aromatic carbocycles. The lowest BCUT2D eigenvalue weighted by Crippen LogP contribution is -2.18. The van der Waals surface area contributed by atoms with Crippen LogP contribution in [0.5, 0.6) is 5.75 Å². The number of ether oxygens (including phenoxy) is 2. The quantitative estimate of drug-likeness (QED) is 0.666. The van der Waals surface area contributed by atoms with Crippen molar-refractivity contribution in [3.63, 3.8) is 0 Å². The van der Waals surface area contributed by atoms with Crippen molar-refractivity contribution in [3.05, 3.63) is 12.4 Å². The van der Waals surface area contributed by atoms with Crippen LogP contribution in [0.25, 0.3) is 0 Å². The average molecular weight is 212 g/mol. The third-order valence-corrected chi connectivity index (χ3v) is 1.49. The van der Waals surface area contributed by atoms with Crippen LogP contribution in [0, 0.1) is 0 Å². The Balaban J connectivity index is 2.28. The summed E-state index contributed by atoms with van der Waals surface area (Å²) in [5.74, 6) is 1.01. The van der Waals surface area contributed by atoms with Crippen LogP contribution in [0.1, 0.15) is 0 Å². The summed E-state index contributed by atoms with van der Waals surface area (Å²) >= 11 is 0. The van der Waals surface area contributed by atoms with E-state index in [0.717, 1.165) is 0 Å². The molecule has 0 saturated heterocycles. The second-order valence-corrected chi connectivity index (χ2v) is 2.54. The molecule has 0 fully saturated rings. The lowest BCUT2D eigenvalue weighted by Gasteiger charge is -2.04. The van der Waals surface area contributed by atoms with Crippen LogP contribution < -0.4 is 15.8 Å². The molecule has 0 atom stereocenters. The molecule has 0 aliphatic heterocycles. The summed E-state index contributed by atoms with van der Waals surface area (Å²) in [6.45, 7) is 0.569. The highest BCUT2D eigenvalue weighted by Crippen LogP contribution is 2.06. The van der Waals surface area contributed by atoms with Gasteiger partial charge in [0.05, 0.1) is 26.0 Å². The van der Waals surface area contributed by atoms with E-state index in [1.807, 2.05) is 0 Å². The van der Waals surface area contributed by atoms with E-state index in [4.69, 9.17) is 10.5 Å². The zero-order valence-corrected chi connectivity index (χ0v) is 8.27. The van der Waals surface area contributed by atoms with E-state index in [-0.39, 0.29) is 6.61 Å². The number of methoxy groups -OCH3 is 1. The van der Waals surface area contributed by atoms with E-state index in [1.54, 1.807) is 0 Å². The van der Waals surface area contributed by atoms with Crippen LogP contribution in [0.2, 0.25) is 0 Å². The van der Waals surface area contributed by atoms with Crippen molar-refractivity contribution in [1.82, 2.24) is 9.97 Å². The van der Waals surface area contributed by atoms with Gasteiger partial charge in [-0.05, 0) is 0 Å². The van der Waals surface area contributed by atoms with Gasteiger partial charge in [-0.2, -0.15) is 0 Å². The maximum absolute atomic E-state index is 10.2. The maximum Gasteiger partial charge on any atom is 0.404 e. The number of nitrogens with one attached hydrogen (secondary N) is 1. The number of carbonyl (C=O) groups is 1. The van der Waals surface area contributed by atoms with Crippen LogP contribution in [0.15, 0.2) is 12.4 Å². The van der Waals surface area contributed by atoms with Crippen molar-refractivity contribution in [2.45, 2.75) is 0 Å². The van der Waals surface area contributed by atoms with Gasteiger partial charge in [-0.25, -0.2) is 14.8 Å². The van der Waals surface area contributed by atoms with Crippen LogP contribution in [-0.2, 0) is 4.74 Å². The first-order valence-electron chi connectivity index (χ1n) is 4.24. The molecular weight excluding hydrogens is 200 g/mol. The Kier molecular flexibility index (Phi) is 4.14. The first kappa shape index (κ1) is 11.0. The number of anilines is 1. The molecule has 0 saturated carbocycles. The monoisotopic (exact) mass is 212 g/mol. The van der Waals surface area contributed by atoms with Crippen molar-refractivity contribution < 1.29 is 14.3 Å². The fraction of sp³-hybridized carbons (Fsp3) is 0.375. The molecule has 3 N–H and O–H groups in total. The predicted molar refractivity (Wildman–Crippen MR) is 52.6 cm³/mol. The molecule has 15 heavy (non-hydrogen) atoms. The third-order valence-electron chi connectivity index (χ3n) is 1.49. The van der Waals surface area contributed by atoms with Gasteiger partial charge >= 0.3 is 6.09 Å². The lowest BCUT2D eigenvalue weighted by atomic mass is 10.6. The Morgan fingerprint density at radius 3 is 2.73 bits per heavy atom. The van der Waals surface area contributed by atoms with Gasteiger partial charge in [-0.1, -0.05) is 0 Å². The Morgan fingerprint density at radius 2 is 2.20 bits per heavy atom. The number of nitrogens with two attached hydrogens (primary N) is 1. The summed E-state index contributed by atoms with van der Waals surface area (Å²) in [5, 5.41) is 2.84. The number of aromatic nitrogens is 2. The van der Waals surface area contributed by atoms with E-state index >= 15 is 0 Å². The summed E-state index contributed by atoms with van der Waals surface area (Å²) in [6, 6.07) is 0. The summed E-state index contributed by atoms with van der Waals surface area (Å²) in [6.07, 6.45) is 2.27. The molecule has 1 heterocycles. The number of carbonyl (C=O) groups excluding carboxylic acids is 1. The molecule has 1 aromatic rings. The average Bonchev–Trinajstić information content (AvgIpc) is 2.25. The molecule has 0 aliphatic carbocycles. The summed E-state index contributed by atoms with van der Waals surface area (Å²) in [7, 11) is 1.53. The minimum atomic E-state index is -0.799. The van der Waals surface area contributed by atoms with Crippen molar-refractivity contribution in [3.8, 4) is 5.75 Å². The molecule has 7 heteroatoms. The number of primary amides is 1. The van der Waals surface area contributed by atoms with Gasteiger partial charge < -0.3 is 20.5 Å². The third kappa shape index (κ3) is 4.12. The smallest absolute Gasteiger partial charge is 0.404 e. The van der Waals surface area contributed by atoms with Crippen LogP contribution in [0.4, 0.5) is 10.7 Å². The fourth-order valence-corrected chi connectivity index (χ4v) is 0.827. The van der Waals surface area contributed by atoms with Gasteiger partial charge in [-0.15, -0.1) is 0 Å². The zero-order chi connectivity index (χ0) is 11.1. The number of hydrogen-bond acceptors (Lipinski definition) is 6. The molecule has 0 bridgehead atoms. The summed E-state index contributed by atoms with van der Waals surface area (Å²) in [4.78, 5) is 18.1. The van der Waals surface area contributed by atoms with Gasteiger partial charge in [-0.3, -0.25) is 0 Å². The predicted octanol–water partition coefficient (Wildman–Crippen LogP) is -0.00760. The molecule has 7 nitrogen and oxygen atoms in total. The van der Waals surface area contributed by atoms with E-state index in [1.165, 1.54) is 19.5 Å². The number of hydrogen-bond donors (Lipinski definition) is 2. The molecular formula is C8H12N4O3. The standard InChI is InChI=1S/C8H12N4O3/c1-14-6-4-11-8(12-5-6)10-2-3-15-7(9)13/h4-5H,2-3H2,1H3,(H2,9,13)(H,10,11,12). The highest BCUT2D eigenvalue weighted by Gasteiger charge is 1.97. The Hall–Kier alpha value is -2.05. The molecule has 1 rings (SSSR count). The first-order valence-corrected chi connectivity index (χ1v) is 4.24. The van der Waals surface area contributed by atoms with Crippen LogP contribution in [-0.4, -0.2) is 36.3 Å². The van der Waals surface area contributed by atoms with Crippen molar-refractivity contribution in [1.29, 1.82) is 0 Å². The minimum Gasteiger partial charge on any atom is -0.494 e. The Morgan fingerprint density at radius 1 is 1.53 bits per heavy atom. The van der Waals surface area contributed by atoms with E-state index < -0.39 is 6.09 Å². The molecule has 0 radical (unpaired) electrons. The van der Waals surface area contributed by atoms with Crippen LogP contribution in [0.3, 0.4) is 0 Å². The van der Waals surface area contributed by atoms with Crippen molar-refractivity contribution in [2.24, 2.45) is 5.73 Å². The topological polar surface area (TPSA) is 99.4 Å². The van der Waals surface area contributed by atoms with Gasteiger partial charge in [0.2, 0.25) is 5.95 Å². The molecule has 0 spiro atoms. The van der Waals surface area contributed by atoms with Gasteiger partial charge in [0.15, 0.2) is 5.75 Å². The van der Waals surface area contributed by atoms with Crippen molar-refractivity contribution >= 4 is 12.0 Å². The van der Waals surface area contributed by atoms with Crippen LogP contribution >= 0.6 is 0 Å². The second kappa shape index (κ2) is 5.63. The molecule has 1 amide bonds. The normalized spacial score (nSPS) is 9.40. The first-order chi connectivity index (χ1) is 7.22. The second-order valence-electron chi connectivity index (χ2n) is 2.54. The Labute approximate surface area is 86.6 Å². The van der Waals surface area contributed by atoms with Gasteiger partial charge in [0, 0.05) is 0 Å². The summed E-state index contributed by atoms with van der Waals surface area (Å²) in [5.41, 5.74) is 4.77. The highest BCUT2D eigenvalue weighted by molar-refractivity contribution is 5.64. The zero-order valence-electron chi connectivity index (χ0n) is 8.27. The number of amides is 1. The fourth-order valence-electron chi connectivity index (χ4n) is 0.827. The molecule has 1 aromatic heterocycles. The molecule has 82 valence electrons. The molecule has 0 unspecified atom stereocenters. The van der Waals surface area contributed by atoms with Crippen molar-refractivity contribution in [2.75, 3.05) is 25.6 Å². The van der Waals surface area contributed by atoms with E-state index in [2.05, 4.69) is 20.0 Å². The largest absolute Gasteiger partial charge is 0.494 e. The van der Waals surface area contributed by atoms with E-state index in [9.17, 15) is 4.79 Å². The van der Waals surface area contributed by atoms with Gasteiger partial charge in [0.1, 0.15) is 6.61 Å². The Bertz CT molecular complexity index is 314. The SMILES string of the molecule is COc1cnc(NCCOC(N)=O)nc1.